The smallest absolute Gasteiger partial charge is 0.338 e. The van der Waals surface area contributed by atoms with E-state index in [1.165, 1.54) is 0 Å². The SMILES string of the molecule is Cc1ccnn1-c1ccc(C(=O)OCC(=O)N[C@@H](C)c2cccs2)cc1. The van der Waals surface area contributed by atoms with Gasteiger partial charge in [0.15, 0.2) is 6.61 Å². The fourth-order valence-electron chi connectivity index (χ4n) is 2.48. The summed E-state index contributed by atoms with van der Waals surface area (Å²) in [5, 5.41) is 8.97. The number of aryl methyl sites for hydroxylation is 1. The van der Waals surface area contributed by atoms with Crippen LogP contribution in [0.5, 0.6) is 0 Å². The minimum absolute atomic E-state index is 0.113. The fourth-order valence-corrected chi connectivity index (χ4v) is 3.22. The Hall–Kier alpha value is -2.93. The second-order valence-corrected chi connectivity index (χ2v) is 6.79. The summed E-state index contributed by atoms with van der Waals surface area (Å²) >= 11 is 1.57. The molecule has 7 heteroatoms. The summed E-state index contributed by atoms with van der Waals surface area (Å²) < 4.78 is 6.86. The van der Waals surface area contributed by atoms with Crippen molar-refractivity contribution >= 4 is 23.2 Å². The van der Waals surface area contributed by atoms with E-state index < -0.39 is 5.97 Å². The second kappa shape index (κ2) is 7.97. The Morgan fingerprint density at radius 2 is 2.00 bits per heavy atom. The highest BCUT2D eigenvalue weighted by molar-refractivity contribution is 7.10. The molecule has 1 atom stereocenters. The van der Waals surface area contributed by atoms with Crippen molar-refractivity contribution in [3.63, 3.8) is 0 Å². The monoisotopic (exact) mass is 369 g/mol. The number of amides is 1. The Balaban J connectivity index is 1.53. The molecule has 26 heavy (non-hydrogen) atoms. The van der Waals surface area contributed by atoms with Crippen LogP contribution < -0.4 is 5.32 Å². The first-order valence-electron chi connectivity index (χ1n) is 8.15. The maximum Gasteiger partial charge on any atom is 0.338 e. The molecule has 1 N–H and O–H groups in total. The van der Waals surface area contributed by atoms with Crippen LogP contribution in [0.4, 0.5) is 0 Å². The highest BCUT2D eigenvalue weighted by Gasteiger charge is 2.14. The zero-order valence-electron chi connectivity index (χ0n) is 14.5. The fraction of sp³-hybridized carbons (Fsp3) is 0.211. The van der Waals surface area contributed by atoms with Crippen LogP contribution in [0.15, 0.2) is 54.0 Å². The van der Waals surface area contributed by atoms with Crippen molar-refractivity contribution in [3.8, 4) is 5.69 Å². The van der Waals surface area contributed by atoms with Crippen LogP contribution in [0, 0.1) is 6.92 Å². The number of hydrogen-bond acceptors (Lipinski definition) is 5. The van der Waals surface area contributed by atoms with Crippen LogP contribution in [0.25, 0.3) is 5.69 Å². The lowest BCUT2D eigenvalue weighted by molar-refractivity contribution is -0.124. The molecule has 0 saturated heterocycles. The number of esters is 1. The zero-order valence-corrected chi connectivity index (χ0v) is 15.3. The van der Waals surface area contributed by atoms with Crippen molar-refractivity contribution in [2.45, 2.75) is 19.9 Å². The summed E-state index contributed by atoms with van der Waals surface area (Å²) in [6.07, 6.45) is 1.72. The van der Waals surface area contributed by atoms with E-state index in [0.29, 0.717) is 5.56 Å². The van der Waals surface area contributed by atoms with Crippen LogP contribution in [0.2, 0.25) is 0 Å². The number of nitrogens with zero attached hydrogens (tertiary/aromatic N) is 2. The molecule has 0 saturated carbocycles. The van der Waals surface area contributed by atoms with Crippen LogP contribution >= 0.6 is 11.3 Å². The van der Waals surface area contributed by atoms with Crippen molar-refractivity contribution in [3.05, 3.63) is 70.2 Å². The van der Waals surface area contributed by atoms with Gasteiger partial charge >= 0.3 is 5.97 Å². The Bertz CT molecular complexity index is 885. The van der Waals surface area contributed by atoms with E-state index in [9.17, 15) is 9.59 Å². The maximum absolute atomic E-state index is 12.1. The van der Waals surface area contributed by atoms with Gasteiger partial charge in [-0.2, -0.15) is 5.10 Å². The van der Waals surface area contributed by atoms with Crippen molar-refractivity contribution in [2.24, 2.45) is 0 Å². The molecule has 0 aliphatic carbocycles. The highest BCUT2D eigenvalue weighted by Crippen LogP contribution is 2.18. The van der Waals surface area contributed by atoms with Crippen molar-refractivity contribution in [1.29, 1.82) is 0 Å². The summed E-state index contributed by atoms with van der Waals surface area (Å²) in [5.41, 5.74) is 2.24. The van der Waals surface area contributed by atoms with Gasteiger partial charge in [0.05, 0.1) is 17.3 Å². The van der Waals surface area contributed by atoms with Gasteiger partial charge < -0.3 is 10.1 Å². The van der Waals surface area contributed by atoms with Gasteiger partial charge in [0.25, 0.3) is 5.91 Å². The van der Waals surface area contributed by atoms with E-state index in [-0.39, 0.29) is 18.6 Å². The predicted octanol–water partition coefficient (Wildman–Crippen LogP) is 3.28. The lowest BCUT2D eigenvalue weighted by Gasteiger charge is -2.12. The molecule has 0 aliphatic heterocycles. The topological polar surface area (TPSA) is 73.2 Å². The molecule has 3 rings (SSSR count). The normalized spacial score (nSPS) is 11.8. The molecule has 1 amide bonds. The molecule has 0 unspecified atom stereocenters. The molecule has 6 nitrogen and oxygen atoms in total. The summed E-state index contributed by atoms with van der Waals surface area (Å²) in [7, 11) is 0. The summed E-state index contributed by atoms with van der Waals surface area (Å²) in [6.45, 7) is 3.53. The Labute approximate surface area is 155 Å². The Morgan fingerprint density at radius 1 is 1.23 bits per heavy atom. The molecule has 0 spiro atoms. The zero-order chi connectivity index (χ0) is 18.5. The predicted molar refractivity (Wildman–Crippen MR) is 99.5 cm³/mol. The van der Waals surface area contributed by atoms with Crippen molar-refractivity contribution in [2.75, 3.05) is 6.61 Å². The molecule has 2 heterocycles. The number of hydrogen-bond donors (Lipinski definition) is 1. The highest BCUT2D eigenvalue weighted by atomic mass is 32.1. The minimum Gasteiger partial charge on any atom is -0.452 e. The van der Waals surface area contributed by atoms with Gasteiger partial charge in [0.2, 0.25) is 0 Å². The molecular formula is C19H19N3O3S. The second-order valence-electron chi connectivity index (χ2n) is 5.81. The largest absolute Gasteiger partial charge is 0.452 e. The average Bonchev–Trinajstić information content (AvgIpc) is 3.31. The molecule has 134 valence electrons. The maximum atomic E-state index is 12.1. The number of aromatic nitrogens is 2. The van der Waals surface area contributed by atoms with E-state index in [2.05, 4.69) is 10.4 Å². The van der Waals surface area contributed by atoms with Gasteiger partial charge in [-0.25, -0.2) is 9.48 Å². The Morgan fingerprint density at radius 3 is 2.62 bits per heavy atom. The number of thiophene rings is 1. The van der Waals surface area contributed by atoms with E-state index >= 15 is 0 Å². The molecule has 0 radical (unpaired) electrons. The van der Waals surface area contributed by atoms with Gasteiger partial charge in [0, 0.05) is 16.8 Å². The van der Waals surface area contributed by atoms with Gasteiger partial charge in [-0.05, 0) is 55.6 Å². The van der Waals surface area contributed by atoms with E-state index in [1.54, 1.807) is 46.5 Å². The van der Waals surface area contributed by atoms with E-state index in [1.807, 2.05) is 37.4 Å². The first-order chi connectivity index (χ1) is 12.5. The number of ether oxygens (including phenoxy) is 1. The lowest BCUT2D eigenvalue weighted by Crippen LogP contribution is -2.30. The summed E-state index contributed by atoms with van der Waals surface area (Å²) in [4.78, 5) is 25.1. The average molecular weight is 369 g/mol. The third-order valence-corrected chi connectivity index (χ3v) is 4.92. The molecule has 0 aliphatic rings. The number of nitrogens with one attached hydrogen (secondary N) is 1. The van der Waals surface area contributed by atoms with Gasteiger partial charge in [-0.1, -0.05) is 6.07 Å². The van der Waals surface area contributed by atoms with Crippen LogP contribution in [-0.4, -0.2) is 28.3 Å². The van der Waals surface area contributed by atoms with Crippen LogP contribution in [0.3, 0.4) is 0 Å². The number of carbonyl (C=O) groups is 2. The molecule has 0 bridgehead atoms. The number of carbonyl (C=O) groups excluding carboxylic acids is 2. The van der Waals surface area contributed by atoms with E-state index in [4.69, 9.17) is 4.74 Å². The summed E-state index contributed by atoms with van der Waals surface area (Å²) in [6, 6.07) is 12.6. The summed E-state index contributed by atoms with van der Waals surface area (Å²) in [5.74, 6) is -0.865. The van der Waals surface area contributed by atoms with Gasteiger partial charge in [-0.15, -0.1) is 11.3 Å². The third kappa shape index (κ3) is 4.18. The van der Waals surface area contributed by atoms with Gasteiger partial charge in [-0.3, -0.25) is 4.79 Å². The van der Waals surface area contributed by atoms with E-state index in [0.717, 1.165) is 16.3 Å². The molecule has 3 aromatic rings. The molecule has 1 aromatic carbocycles. The van der Waals surface area contributed by atoms with Crippen LogP contribution in [-0.2, 0) is 9.53 Å². The minimum atomic E-state index is -0.535. The Kier molecular flexibility index (Phi) is 5.48. The van der Waals surface area contributed by atoms with Gasteiger partial charge in [0.1, 0.15) is 0 Å². The van der Waals surface area contributed by atoms with Crippen LogP contribution in [0.1, 0.15) is 33.9 Å². The first-order valence-corrected chi connectivity index (χ1v) is 9.03. The quantitative estimate of drug-likeness (QED) is 0.677. The number of benzene rings is 1. The lowest BCUT2D eigenvalue weighted by atomic mass is 10.2. The molecular weight excluding hydrogens is 350 g/mol. The first kappa shape index (κ1) is 17.9. The standard InChI is InChI=1S/C19H19N3O3S/c1-13-9-10-20-22(13)16-7-5-15(6-8-16)19(24)25-12-18(23)21-14(2)17-4-3-11-26-17/h3-11,14H,12H2,1-2H3,(H,21,23)/t14-/m0/s1. The molecule has 0 fully saturated rings. The van der Waals surface area contributed by atoms with Crippen molar-refractivity contribution < 1.29 is 14.3 Å². The van der Waals surface area contributed by atoms with Crippen molar-refractivity contribution in [1.82, 2.24) is 15.1 Å². The third-order valence-electron chi connectivity index (χ3n) is 3.86. The molecule has 2 aromatic heterocycles. The number of rotatable bonds is 6.